The Balaban J connectivity index is 1.69. The zero-order valence-electron chi connectivity index (χ0n) is 13.6. The van der Waals surface area contributed by atoms with Gasteiger partial charge in [-0.1, -0.05) is 0 Å². The molecule has 7 heteroatoms. The van der Waals surface area contributed by atoms with Crippen LogP contribution in [0.4, 0.5) is 4.79 Å². The SMILES string of the molecule is CC(C)(C)OC(=O)N1CCn2c(nnc2C2CCNCC2)C1. The maximum Gasteiger partial charge on any atom is 0.410 e. The van der Waals surface area contributed by atoms with Crippen molar-refractivity contribution < 1.29 is 9.53 Å². The van der Waals surface area contributed by atoms with Gasteiger partial charge in [-0.25, -0.2) is 4.79 Å². The molecule has 2 aliphatic rings. The third-order valence-corrected chi connectivity index (χ3v) is 4.14. The van der Waals surface area contributed by atoms with E-state index < -0.39 is 5.60 Å². The molecule has 0 saturated carbocycles. The third-order valence-electron chi connectivity index (χ3n) is 4.14. The van der Waals surface area contributed by atoms with Crippen LogP contribution in [0.15, 0.2) is 0 Å². The lowest BCUT2D eigenvalue weighted by Gasteiger charge is -2.31. The van der Waals surface area contributed by atoms with E-state index in [1.807, 2.05) is 20.8 Å². The van der Waals surface area contributed by atoms with Crippen LogP contribution in [0.25, 0.3) is 0 Å². The number of nitrogens with one attached hydrogen (secondary N) is 1. The minimum Gasteiger partial charge on any atom is -0.444 e. The molecule has 3 heterocycles. The summed E-state index contributed by atoms with van der Waals surface area (Å²) in [6, 6.07) is 0. The van der Waals surface area contributed by atoms with E-state index in [4.69, 9.17) is 4.74 Å². The van der Waals surface area contributed by atoms with Crippen LogP contribution in [-0.4, -0.2) is 51.0 Å². The molecule has 1 aromatic rings. The van der Waals surface area contributed by atoms with E-state index in [1.165, 1.54) is 0 Å². The minimum absolute atomic E-state index is 0.273. The Hall–Kier alpha value is -1.63. The summed E-state index contributed by atoms with van der Waals surface area (Å²) in [5, 5.41) is 12.1. The lowest BCUT2D eigenvalue weighted by atomic mass is 9.97. The molecule has 1 amide bonds. The van der Waals surface area contributed by atoms with E-state index in [2.05, 4.69) is 20.1 Å². The lowest BCUT2D eigenvalue weighted by Crippen LogP contribution is -2.42. The predicted octanol–water partition coefficient (Wildman–Crippen LogP) is 1.50. The number of fused-ring (bicyclic) bond motifs is 1. The van der Waals surface area contributed by atoms with Gasteiger partial charge in [0, 0.05) is 19.0 Å². The highest BCUT2D eigenvalue weighted by molar-refractivity contribution is 5.68. The van der Waals surface area contributed by atoms with Crippen LogP contribution < -0.4 is 5.32 Å². The fourth-order valence-corrected chi connectivity index (χ4v) is 3.04. The number of carbonyl (C=O) groups is 1. The second-order valence-electron chi connectivity index (χ2n) is 7.05. The molecule has 0 aromatic carbocycles. The van der Waals surface area contributed by atoms with Gasteiger partial charge in [0.05, 0.1) is 6.54 Å². The molecular weight excluding hydrogens is 282 g/mol. The summed E-state index contributed by atoms with van der Waals surface area (Å²) in [6.45, 7) is 9.60. The fraction of sp³-hybridized carbons (Fsp3) is 0.800. The standard InChI is InChI=1S/C15H25N5O2/c1-15(2,3)22-14(21)19-8-9-20-12(10-19)17-18-13(20)11-4-6-16-7-5-11/h11,16H,4-10H2,1-3H3. The summed E-state index contributed by atoms with van der Waals surface area (Å²) < 4.78 is 7.63. The third kappa shape index (κ3) is 3.24. The molecule has 1 fully saturated rings. The molecule has 122 valence electrons. The first-order chi connectivity index (χ1) is 10.4. The van der Waals surface area contributed by atoms with Gasteiger partial charge in [0.25, 0.3) is 0 Å². The Morgan fingerprint density at radius 1 is 1.23 bits per heavy atom. The summed E-state index contributed by atoms with van der Waals surface area (Å²) >= 11 is 0. The van der Waals surface area contributed by atoms with E-state index >= 15 is 0 Å². The monoisotopic (exact) mass is 307 g/mol. The van der Waals surface area contributed by atoms with Crippen molar-refractivity contribution in [3.05, 3.63) is 11.6 Å². The summed E-state index contributed by atoms with van der Waals surface area (Å²) in [4.78, 5) is 13.9. The van der Waals surface area contributed by atoms with Gasteiger partial charge in [0.1, 0.15) is 11.4 Å². The van der Waals surface area contributed by atoms with E-state index in [-0.39, 0.29) is 6.09 Å². The number of amides is 1. The smallest absolute Gasteiger partial charge is 0.410 e. The highest BCUT2D eigenvalue weighted by Crippen LogP contribution is 2.26. The highest BCUT2D eigenvalue weighted by Gasteiger charge is 2.30. The molecule has 1 aromatic heterocycles. The van der Waals surface area contributed by atoms with Gasteiger partial charge in [-0.15, -0.1) is 10.2 Å². The number of hydrogen-bond donors (Lipinski definition) is 1. The van der Waals surface area contributed by atoms with Crippen LogP contribution >= 0.6 is 0 Å². The van der Waals surface area contributed by atoms with Crippen molar-refractivity contribution in [1.29, 1.82) is 0 Å². The summed E-state index contributed by atoms with van der Waals surface area (Å²) in [6.07, 6.45) is 1.94. The zero-order valence-corrected chi connectivity index (χ0v) is 13.6. The number of aromatic nitrogens is 3. The Bertz CT molecular complexity index is 543. The van der Waals surface area contributed by atoms with Crippen molar-refractivity contribution in [3.8, 4) is 0 Å². The maximum atomic E-state index is 12.2. The van der Waals surface area contributed by atoms with E-state index in [9.17, 15) is 4.79 Å². The molecule has 1 N–H and O–H groups in total. The molecule has 0 bridgehead atoms. The average molecular weight is 307 g/mol. The van der Waals surface area contributed by atoms with Crippen molar-refractivity contribution >= 4 is 6.09 Å². The van der Waals surface area contributed by atoms with Crippen LogP contribution in [-0.2, 0) is 17.8 Å². The molecule has 1 saturated heterocycles. The Morgan fingerprint density at radius 2 is 1.95 bits per heavy atom. The number of hydrogen-bond acceptors (Lipinski definition) is 5. The molecule has 0 spiro atoms. The molecule has 0 radical (unpaired) electrons. The van der Waals surface area contributed by atoms with Crippen molar-refractivity contribution in [3.63, 3.8) is 0 Å². The number of piperidine rings is 1. The zero-order chi connectivity index (χ0) is 15.7. The maximum absolute atomic E-state index is 12.2. The second-order valence-corrected chi connectivity index (χ2v) is 7.05. The van der Waals surface area contributed by atoms with Crippen molar-refractivity contribution in [1.82, 2.24) is 25.0 Å². The first-order valence-corrected chi connectivity index (χ1v) is 8.04. The normalized spacial score (nSPS) is 19.9. The lowest BCUT2D eigenvalue weighted by molar-refractivity contribution is 0.0194. The summed E-state index contributed by atoms with van der Waals surface area (Å²) in [5.41, 5.74) is -0.470. The van der Waals surface area contributed by atoms with E-state index in [0.717, 1.165) is 44.1 Å². The summed E-state index contributed by atoms with van der Waals surface area (Å²) in [7, 11) is 0. The second kappa shape index (κ2) is 5.87. The van der Waals surface area contributed by atoms with Crippen molar-refractivity contribution in [2.75, 3.05) is 19.6 Å². The van der Waals surface area contributed by atoms with Crippen molar-refractivity contribution in [2.45, 2.75) is 58.2 Å². The molecule has 0 atom stereocenters. The van der Waals surface area contributed by atoms with Gasteiger partial charge in [0.15, 0.2) is 5.82 Å². The molecule has 0 aliphatic carbocycles. The van der Waals surface area contributed by atoms with Gasteiger partial charge >= 0.3 is 6.09 Å². The van der Waals surface area contributed by atoms with E-state index in [0.29, 0.717) is 19.0 Å². The van der Waals surface area contributed by atoms with Gasteiger partial charge in [0.2, 0.25) is 0 Å². The predicted molar refractivity (Wildman–Crippen MR) is 81.5 cm³/mol. The van der Waals surface area contributed by atoms with Gasteiger partial charge in [-0.3, -0.25) is 4.90 Å². The Morgan fingerprint density at radius 3 is 2.64 bits per heavy atom. The molecule has 3 rings (SSSR count). The first-order valence-electron chi connectivity index (χ1n) is 8.04. The fourth-order valence-electron chi connectivity index (χ4n) is 3.04. The van der Waals surface area contributed by atoms with Crippen molar-refractivity contribution in [2.24, 2.45) is 0 Å². The number of carbonyl (C=O) groups excluding carboxylic acids is 1. The van der Waals surface area contributed by atoms with Crippen LogP contribution in [0.3, 0.4) is 0 Å². The van der Waals surface area contributed by atoms with Crippen LogP contribution in [0.5, 0.6) is 0 Å². The van der Waals surface area contributed by atoms with Gasteiger partial charge in [-0.2, -0.15) is 0 Å². The van der Waals surface area contributed by atoms with Gasteiger partial charge in [-0.05, 0) is 46.7 Å². The molecule has 7 nitrogen and oxygen atoms in total. The number of ether oxygens (including phenoxy) is 1. The largest absolute Gasteiger partial charge is 0.444 e. The molecule has 0 unspecified atom stereocenters. The molecular formula is C15H25N5O2. The molecule has 22 heavy (non-hydrogen) atoms. The quantitative estimate of drug-likeness (QED) is 0.851. The van der Waals surface area contributed by atoms with Crippen LogP contribution in [0.1, 0.15) is 51.2 Å². The van der Waals surface area contributed by atoms with Gasteiger partial charge < -0.3 is 14.6 Å². The summed E-state index contributed by atoms with van der Waals surface area (Å²) in [5.74, 6) is 2.43. The van der Waals surface area contributed by atoms with Crippen LogP contribution in [0, 0.1) is 0 Å². The first kappa shape index (κ1) is 15.3. The molecule has 2 aliphatic heterocycles. The van der Waals surface area contributed by atoms with Crippen LogP contribution in [0.2, 0.25) is 0 Å². The number of rotatable bonds is 1. The van der Waals surface area contributed by atoms with E-state index in [1.54, 1.807) is 4.90 Å². The topological polar surface area (TPSA) is 72.3 Å². The number of nitrogens with zero attached hydrogens (tertiary/aromatic N) is 4. The minimum atomic E-state index is -0.470. The highest BCUT2D eigenvalue weighted by atomic mass is 16.6. The average Bonchev–Trinajstić information content (AvgIpc) is 2.89. The Labute approximate surface area is 131 Å². The Kier molecular flexibility index (Phi) is 4.08.